The van der Waals surface area contributed by atoms with Gasteiger partial charge in [0.15, 0.2) is 0 Å². The summed E-state index contributed by atoms with van der Waals surface area (Å²) in [4.78, 5) is 10.2. The van der Waals surface area contributed by atoms with Crippen molar-refractivity contribution < 1.29 is 11.6 Å². The maximum atomic E-state index is 10.1. The molecule has 10 rings (SSSR count). The van der Waals surface area contributed by atoms with Crippen molar-refractivity contribution in [2.45, 2.75) is 47.2 Å². The summed E-state index contributed by atoms with van der Waals surface area (Å²) in [5, 5.41) is 10.1. The van der Waals surface area contributed by atoms with Crippen molar-refractivity contribution in [2.24, 2.45) is 5.73 Å². The molecule has 2 nitrogen and oxygen atoms in total. The molecule has 5 atom stereocenters. The number of hydrogen-bond acceptors (Lipinski definition) is 2. The quantitative estimate of drug-likeness (QED) is 0.731. The van der Waals surface area contributed by atoms with E-state index in [9.17, 15) is 5.11 Å². The standard InChI is InChI=1S/C7H10NO.C5H5.Fe/c8-4-6-2-1-3-7(6)5-9;1-2-4-5-3-1;/h1-3,9H,4-5,8H2;1-5H;. The van der Waals surface area contributed by atoms with E-state index in [0.717, 1.165) is 6.54 Å². The molecule has 15 heavy (non-hydrogen) atoms. The van der Waals surface area contributed by atoms with Crippen LogP contribution in [0.3, 0.4) is 0 Å². The van der Waals surface area contributed by atoms with E-state index >= 15 is 0 Å². The molecule has 0 aliphatic carbocycles. The number of nitrogens with two attached hydrogens (primary N) is 1. The monoisotopic (exact) mass is 245 g/mol. The summed E-state index contributed by atoms with van der Waals surface area (Å²) >= 11 is 0. The van der Waals surface area contributed by atoms with Crippen molar-refractivity contribution in [1.29, 1.82) is 0 Å². The average Bonchev–Trinajstić information content (AvgIpc) is 3.21. The second kappa shape index (κ2) is 0.375. The van der Waals surface area contributed by atoms with Crippen LogP contribution < -0.4 is 5.73 Å². The third-order valence-corrected chi connectivity index (χ3v) is 60.0. The first-order valence-electron chi connectivity index (χ1n) is 6.58. The van der Waals surface area contributed by atoms with E-state index in [2.05, 4.69) is 0 Å². The summed E-state index contributed by atoms with van der Waals surface area (Å²) in [7, 11) is 0. The van der Waals surface area contributed by atoms with E-state index < -0.39 is 6.51 Å². The third kappa shape index (κ3) is 0.0410. The summed E-state index contributed by atoms with van der Waals surface area (Å²) in [6.45, 7) is -1.50. The van der Waals surface area contributed by atoms with E-state index in [4.69, 9.17) is 5.73 Å². The van der Waals surface area contributed by atoms with Gasteiger partial charge in [-0.1, -0.05) is 0 Å². The molecule has 0 saturated carbocycles. The van der Waals surface area contributed by atoms with Gasteiger partial charge in [0.1, 0.15) is 0 Å². The minimum atomic E-state index is -3.10. The Kier molecular flexibility index (Phi) is 0.135. The van der Waals surface area contributed by atoms with Crippen LogP contribution >= 0.6 is 0 Å². The molecule has 10 aliphatic heterocycles. The van der Waals surface area contributed by atoms with Gasteiger partial charge in [-0.05, 0) is 0 Å². The molecule has 10 fully saturated rings. The van der Waals surface area contributed by atoms with Crippen LogP contribution in [-0.4, -0.2) is 18.3 Å². The van der Waals surface area contributed by atoms with Crippen molar-refractivity contribution in [2.75, 3.05) is 13.2 Å². The van der Waals surface area contributed by atoms with Crippen LogP contribution in [0.4, 0.5) is 0 Å². The van der Waals surface area contributed by atoms with Gasteiger partial charge in [-0.15, -0.1) is 0 Å². The molecular formula is C12H15FeNO. The number of fused-ring (bicyclic) bond motifs is 10. The summed E-state index contributed by atoms with van der Waals surface area (Å²) in [6.07, 6.45) is 0. The molecule has 0 bridgehead atoms. The predicted octanol–water partition coefficient (Wildman–Crippen LogP) is 2.07. The number of hydrogen-bond donors (Lipinski definition) is 2. The van der Waals surface area contributed by atoms with E-state index in [1.807, 2.05) is 0 Å². The Balaban J connectivity index is 1.90. The second-order valence-electron chi connectivity index (χ2n) is 10.4. The van der Waals surface area contributed by atoms with Crippen LogP contribution in [0.2, 0.25) is 47.2 Å². The summed E-state index contributed by atoms with van der Waals surface area (Å²) in [6, 6.07) is 0. The molecule has 0 aromatic rings. The van der Waals surface area contributed by atoms with Crippen LogP contribution in [0.25, 0.3) is 0 Å². The van der Waals surface area contributed by atoms with Gasteiger partial charge < -0.3 is 0 Å². The normalized spacial score (nSPS) is 139. The summed E-state index contributed by atoms with van der Waals surface area (Å²) in [5.41, 5.74) is 6.29. The van der Waals surface area contributed by atoms with Crippen molar-refractivity contribution in [3.8, 4) is 0 Å². The van der Waals surface area contributed by atoms with Gasteiger partial charge >= 0.3 is 77.7 Å². The molecule has 5 unspecified atom stereocenters. The average molecular weight is 245 g/mol. The van der Waals surface area contributed by atoms with Gasteiger partial charge in [0, 0.05) is 0 Å². The molecule has 0 radical (unpaired) electrons. The van der Waals surface area contributed by atoms with Crippen LogP contribution in [0.1, 0.15) is 0 Å². The van der Waals surface area contributed by atoms with Crippen LogP contribution in [0.15, 0.2) is 0 Å². The molecule has 0 amide bonds. The van der Waals surface area contributed by atoms with Gasteiger partial charge in [-0.25, -0.2) is 0 Å². The Morgan fingerprint density at radius 3 is 1.67 bits per heavy atom. The number of aliphatic hydroxyl groups is 1. The van der Waals surface area contributed by atoms with E-state index in [-0.39, 0.29) is 0 Å². The molecular weight excluding hydrogens is 230 g/mol. The Bertz CT molecular complexity index is 854. The van der Waals surface area contributed by atoms with Crippen LogP contribution in [0.5, 0.6) is 0 Å². The van der Waals surface area contributed by atoms with Crippen molar-refractivity contribution in [1.82, 2.24) is 0 Å². The summed E-state index contributed by atoms with van der Waals surface area (Å²) < 4.78 is 1.32. The van der Waals surface area contributed by atoms with E-state index in [1.54, 1.807) is 0 Å². The Hall–Kier alpha value is 0.439. The molecule has 3 heteroatoms. The van der Waals surface area contributed by atoms with Gasteiger partial charge in [0.05, 0.1) is 0 Å². The molecule has 10 aliphatic rings. The summed E-state index contributed by atoms with van der Waals surface area (Å²) in [5.74, 6) is 0. The van der Waals surface area contributed by atoms with Crippen molar-refractivity contribution in [3.63, 3.8) is 0 Å². The van der Waals surface area contributed by atoms with E-state index in [0.29, 0.717) is 15.2 Å². The second-order valence-corrected chi connectivity index (χ2v) is 33.8. The zero-order valence-corrected chi connectivity index (χ0v) is 9.52. The van der Waals surface area contributed by atoms with Gasteiger partial charge in [-0.2, -0.15) is 0 Å². The predicted molar refractivity (Wildman–Crippen MR) is 51.5 cm³/mol. The minimum absolute atomic E-state index is 0.590. The fraction of sp³-hybridized carbons (Fsp3) is 1.00. The molecule has 10 heterocycles. The van der Waals surface area contributed by atoms with Gasteiger partial charge in [0.2, 0.25) is 0 Å². The first kappa shape index (κ1) is 5.39. The SMILES string of the molecule is NC[C]12[CH]3[CH]4[CH]5[C]1(CO)[Fe]43521678[CH]2[CH]1[CH]6[CH]7[CH]28. The molecule has 3 N–H and O–H groups in total. The van der Waals surface area contributed by atoms with Crippen molar-refractivity contribution in [3.05, 3.63) is 0 Å². The molecule has 10 saturated heterocycles. The Morgan fingerprint density at radius 2 is 1.47 bits per heavy atom. The number of aliphatic hydroxyl groups excluding tert-OH is 1. The van der Waals surface area contributed by atoms with Gasteiger partial charge in [-0.3, -0.25) is 0 Å². The molecule has 1 spiro atoms. The Labute approximate surface area is 77.9 Å². The molecule has 0 aromatic heterocycles. The molecule has 82 valence electrons. The zero-order chi connectivity index (χ0) is 9.35. The fourth-order valence-electron chi connectivity index (χ4n) is 18.5. The van der Waals surface area contributed by atoms with Crippen LogP contribution in [-0.2, 0) is 6.51 Å². The van der Waals surface area contributed by atoms with Crippen LogP contribution in [0, 0.1) is 0 Å². The third-order valence-electron chi connectivity index (χ3n) is 16.0. The van der Waals surface area contributed by atoms with Gasteiger partial charge in [0.25, 0.3) is 0 Å². The van der Waals surface area contributed by atoms with E-state index in [1.165, 1.54) is 38.5 Å². The topological polar surface area (TPSA) is 46.2 Å². The zero-order valence-electron chi connectivity index (χ0n) is 8.41. The molecule has 0 aromatic carbocycles. The Morgan fingerprint density at radius 1 is 0.933 bits per heavy atom. The fourth-order valence-corrected chi connectivity index (χ4v) is 95.6. The maximum absolute atomic E-state index is 10.1. The first-order valence-corrected chi connectivity index (χ1v) is 12.8. The van der Waals surface area contributed by atoms with Crippen molar-refractivity contribution >= 4 is 0 Å². The number of rotatable bonds is 2. The first-order chi connectivity index (χ1) is 7.06.